The van der Waals surface area contributed by atoms with Crippen molar-refractivity contribution in [1.82, 2.24) is 5.32 Å². The van der Waals surface area contributed by atoms with Crippen LogP contribution in [0.15, 0.2) is 12.7 Å². The predicted octanol–water partition coefficient (Wildman–Crippen LogP) is 1.02. The van der Waals surface area contributed by atoms with Crippen LogP contribution in [0.5, 0.6) is 0 Å². The smallest absolute Gasteiger partial charge is 0.330 e. The van der Waals surface area contributed by atoms with Gasteiger partial charge in [-0.25, -0.2) is 4.79 Å². The van der Waals surface area contributed by atoms with E-state index in [1.54, 1.807) is 0 Å². The van der Waals surface area contributed by atoms with Gasteiger partial charge in [-0.15, -0.1) is 0 Å². The fourth-order valence-electron chi connectivity index (χ4n) is 10.5. The molecule has 16 atom stereocenters. The van der Waals surface area contributed by atoms with Gasteiger partial charge in [0.2, 0.25) is 5.91 Å². The topological polar surface area (TPSA) is 186 Å². The van der Waals surface area contributed by atoms with Gasteiger partial charge in [0, 0.05) is 12.5 Å². The molecule has 0 aromatic rings. The van der Waals surface area contributed by atoms with Gasteiger partial charge in [-0.05, 0) is 97.7 Å². The fourth-order valence-corrected chi connectivity index (χ4v) is 10.5. The van der Waals surface area contributed by atoms with Crippen LogP contribution in [-0.2, 0) is 19.1 Å². The van der Waals surface area contributed by atoms with Crippen LogP contribution in [-0.4, -0.2) is 98.1 Å². The van der Waals surface area contributed by atoms with Crippen LogP contribution in [0, 0.1) is 46.3 Å². The summed E-state index contributed by atoms with van der Waals surface area (Å²) in [7, 11) is 0. The molecule has 1 heterocycles. The number of nitrogens with one attached hydrogen (secondary N) is 1. The molecule has 5 rings (SSSR count). The summed E-state index contributed by atoms with van der Waals surface area (Å²) in [4.78, 5) is 24.7. The minimum Gasteiger partial charge on any atom is -0.459 e. The molecule has 44 heavy (non-hydrogen) atoms. The van der Waals surface area contributed by atoms with Crippen molar-refractivity contribution in [2.45, 2.75) is 128 Å². The zero-order valence-corrected chi connectivity index (χ0v) is 26.3. The summed E-state index contributed by atoms with van der Waals surface area (Å²) in [6, 6.07) is -1.22. The monoisotopic (exact) mass is 623 g/mol. The van der Waals surface area contributed by atoms with Crippen LogP contribution >= 0.6 is 0 Å². The van der Waals surface area contributed by atoms with Crippen molar-refractivity contribution in [3.8, 4) is 0 Å². The number of hydrogen-bond donors (Lipinski definition) is 7. The van der Waals surface area contributed by atoms with E-state index in [0.29, 0.717) is 19.3 Å². The lowest BCUT2D eigenvalue weighted by Gasteiger charge is -2.63. The second-order valence-corrected chi connectivity index (χ2v) is 15.0. The highest BCUT2D eigenvalue weighted by atomic mass is 16.6. The second-order valence-electron chi connectivity index (χ2n) is 15.0. The summed E-state index contributed by atoms with van der Waals surface area (Å²) in [5.41, 5.74) is -0.446. The minimum absolute atomic E-state index is 0.0478. The Hall–Kier alpha value is -1.60. The van der Waals surface area contributed by atoms with E-state index in [0.717, 1.165) is 32.1 Å². The molecule has 7 N–H and O–H groups in total. The summed E-state index contributed by atoms with van der Waals surface area (Å²) in [6.45, 7) is 9.52. The molecule has 4 aliphatic carbocycles. The Morgan fingerprint density at radius 2 is 1.77 bits per heavy atom. The number of rotatable bonds is 8. The van der Waals surface area contributed by atoms with Gasteiger partial charge in [0.15, 0.2) is 6.29 Å². The van der Waals surface area contributed by atoms with Crippen molar-refractivity contribution >= 4 is 11.9 Å². The van der Waals surface area contributed by atoms with Crippen molar-refractivity contribution in [2.24, 2.45) is 46.3 Å². The van der Waals surface area contributed by atoms with Gasteiger partial charge in [0.1, 0.15) is 30.5 Å². The number of fused-ring (bicyclic) bond motifs is 5. The van der Waals surface area contributed by atoms with Gasteiger partial charge in [0.05, 0.1) is 18.8 Å². The van der Waals surface area contributed by atoms with Crippen molar-refractivity contribution in [3.63, 3.8) is 0 Å². The van der Waals surface area contributed by atoms with E-state index in [1.165, 1.54) is 6.08 Å². The van der Waals surface area contributed by atoms with E-state index in [9.17, 15) is 40.2 Å². The lowest BCUT2D eigenvalue weighted by Crippen LogP contribution is -2.64. The summed E-state index contributed by atoms with van der Waals surface area (Å²) >= 11 is 0. The molecule has 0 aromatic carbocycles. The Labute approximate surface area is 260 Å². The van der Waals surface area contributed by atoms with E-state index in [4.69, 9.17) is 9.47 Å². The molecule has 0 unspecified atom stereocenters. The van der Waals surface area contributed by atoms with Gasteiger partial charge in [-0.3, -0.25) is 4.79 Å². The second kappa shape index (κ2) is 12.9. The first-order valence-corrected chi connectivity index (χ1v) is 16.5. The van der Waals surface area contributed by atoms with E-state index in [1.807, 2.05) is 0 Å². The Morgan fingerprint density at radius 3 is 2.45 bits per heavy atom. The summed E-state index contributed by atoms with van der Waals surface area (Å²) in [5.74, 6) is 0.0899. The normalized spacial score (nSPS) is 49.2. The van der Waals surface area contributed by atoms with E-state index >= 15 is 0 Å². The number of amides is 1. The number of ether oxygens (including phenoxy) is 2. The Kier molecular flexibility index (Phi) is 9.89. The maximum absolute atomic E-state index is 12.9. The van der Waals surface area contributed by atoms with Crippen LogP contribution in [0.2, 0.25) is 0 Å². The third-order valence-corrected chi connectivity index (χ3v) is 13.0. The van der Waals surface area contributed by atoms with Gasteiger partial charge in [-0.1, -0.05) is 27.4 Å². The zero-order valence-electron chi connectivity index (χ0n) is 26.3. The lowest BCUT2D eigenvalue weighted by molar-refractivity contribution is -0.253. The number of aliphatic hydroxyl groups is 6. The SMILES string of the molecule is C=CC(=O)O[C@@H]1CC[C@@]2(C)[C@@H](C1)C[C@@H](O)[C@@H]1[C@@H]2C[C@H](O)[C@]2(C)[C@@H]([C@H](C)CCC(=O)N[C@@H]3[C@@H](O)[C@H](O)[C@@H](CO)O[C@H]3O)CC[C@@H]12. The highest BCUT2D eigenvalue weighted by Gasteiger charge is 2.66. The van der Waals surface area contributed by atoms with Gasteiger partial charge < -0.3 is 45.4 Å². The molecule has 0 radical (unpaired) electrons. The summed E-state index contributed by atoms with van der Waals surface area (Å²) in [5, 5.41) is 66.1. The molecule has 250 valence electrons. The highest BCUT2D eigenvalue weighted by molar-refractivity contribution is 5.81. The number of carbonyl (C=O) groups excluding carboxylic acids is 2. The molecule has 5 fully saturated rings. The molecule has 0 bridgehead atoms. The number of esters is 1. The molecule has 1 aliphatic heterocycles. The largest absolute Gasteiger partial charge is 0.459 e. The highest BCUT2D eigenvalue weighted by Crippen LogP contribution is 2.68. The lowest BCUT2D eigenvalue weighted by atomic mass is 9.43. The van der Waals surface area contributed by atoms with E-state index in [-0.39, 0.29) is 53.4 Å². The average molecular weight is 624 g/mol. The maximum atomic E-state index is 12.9. The number of carbonyl (C=O) groups is 2. The minimum atomic E-state index is -1.56. The van der Waals surface area contributed by atoms with Crippen molar-refractivity contribution < 1.29 is 49.7 Å². The average Bonchev–Trinajstić information content (AvgIpc) is 3.35. The molecule has 0 aromatic heterocycles. The Bertz CT molecular complexity index is 1070. The Balaban J connectivity index is 1.22. The Morgan fingerprint density at radius 1 is 1.05 bits per heavy atom. The van der Waals surface area contributed by atoms with E-state index < -0.39 is 66.8 Å². The first kappa shape index (κ1) is 33.8. The molecule has 11 heteroatoms. The van der Waals surface area contributed by atoms with Crippen molar-refractivity contribution in [2.75, 3.05) is 6.61 Å². The first-order valence-electron chi connectivity index (χ1n) is 16.5. The van der Waals surface area contributed by atoms with Crippen molar-refractivity contribution in [3.05, 3.63) is 12.7 Å². The van der Waals surface area contributed by atoms with Crippen LogP contribution in [0.25, 0.3) is 0 Å². The molecule has 1 saturated heterocycles. The van der Waals surface area contributed by atoms with Crippen molar-refractivity contribution in [1.29, 1.82) is 0 Å². The number of hydrogen-bond acceptors (Lipinski definition) is 10. The van der Waals surface area contributed by atoms with E-state index in [2.05, 4.69) is 32.7 Å². The first-order chi connectivity index (χ1) is 20.8. The maximum Gasteiger partial charge on any atom is 0.330 e. The third kappa shape index (κ3) is 5.75. The van der Waals surface area contributed by atoms with Gasteiger partial charge >= 0.3 is 5.97 Å². The van der Waals surface area contributed by atoms with Crippen LogP contribution in [0.4, 0.5) is 0 Å². The summed E-state index contributed by atoms with van der Waals surface area (Å²) < 4.78 is 10.7. The quantitative estimate of drug-likeness (QED) is 0.152. The van der Waals surface area contributed by atoms with Gasteiger partial charge in [0.25, 0.3) is 0 Å². The molecule has 0 spiro atoms. The third-order valence-electron chi connectivity index (χ3n) is 13.0. The zero-order chi connectivity index (χ0) is 32.1. The molecule has 11 nitrogen and oxygen atoms in total. The molecule has 1 amide bonds. The van der Waals surface area contributed by atoms with Crippen LogP contribution in [0.1, 0.15) is 78.6 Å². The van der Waals surface area contributed by atoms with Gasteiger partial charge in [-0.2, -0.15) is 0 Å². The molecule has 5 aliphatic rings. The van der Waals surface area contributed by atoms with Crippen LogP contribution in [0.3, 0.4) is 0 Å². The molecular formula is C33H53NO10. The summed E-state index contributed by atoms with van der Waals surface area (Å²) in [6.07, 6.45) is 0.513. The number of aliphatic hydroxyl groups excluding tert-OH is 6. The van der Waals surface area contributed by atoms with Crippen LogP contribution < -0.4 is 5.32 Å². The predicted molar refractivity (Wildman–Crippen MR) is 158 cm³/mol. The molecular weight excluding hydrogens is 570 g/mol. The fraction of sp³-hybridized carbons (Fsp3) is 0.879. The standard InChI is InChI=1S/C33H53NO10/c1-5-26(39)43-18-10-11-32(3)17(12-18)13-22(36)27-20-8-7-19(33(20,4)24(37)14-21(27)32)16(2)6-9-25(38)34-28-30(41)29(40)23(15-35)44-31(28)42/h5,16-24,27-31,35-37,40-42H,1,6-15H2,2-4H3,(H,34,38)/t16-,17+,18-,19-,20+,21+,22-,23-,24+,27+,28-,29-,30-,31-,32+,33-/m1/s1. The molecule has 4 saturated carbocycles.